The van der Waals surface area contributed by atoms with Crippen LogP contribution in [0.25, 0.3) is 0 Å². The summed E-state index contributed by atoms with van der Waals surface area (Å²) in [6.45, 7) is 1.19. The third-order valence-corrected chi connectivity index (χ3v) is 5.23. The summed E-state index contributed by atoms with van der Waals surface area (Å²) in [4.78, 5) is 2.82. The molecule has 4 bridgehead atoms. The summed E-state index contributed by atoms with van der Waals surface area (Å²) in [5, 5.41) is 0. The maximum Gasteiger partial charge on any atom is 0.0239 e. The summed E-state index contributed by atoms with van der Waals surface area (Å²) in [6, 6.07) is 12.9. The molecule has 0 amide bonds. The van der Waals surface area contributed by atoms with Gasteiger partial charge in [-0.1, -0.05) is 30.3 Å². The molecule has 2 saturated heterocycles. The van der Waals surface area contributed by atoms with Gasteiger partial charge in [-0.15, -0.1) is 12.4 Å². The first-order chi connectivity index (χ1) is 8.38. The molecule has 0 radical (unpaired) electrons. The first kappa shape index (κ1) is 12.5. The number of hydrogen-bond acceptors (Lipinski definition) is 1. The monoisotopic (exact) mass is 263 g/mol. The van der Waals surface area contributed by atoms with E-state index < -0.39 is 0 Å². The van der Waals surface area contributed by atoms with E-state index in [1.54, 1.807) is 6.42 Å². The molecule has 0 aromatic heterocycles. The molecule has 0 N–H and O–H groups in total. The number of nitrogens with zero attached hydrogens (tertiary/aromatic N) is 1. The molecular formula is C16H22ClN. The van der Waals surface area contributed by atoms with Crippen LogP contribution in [0, 0.1) is 11.8 Å². The summed E-state index contributed by atoms with van der Waals surface area (Å²) in [5.74, 6) is 2.15. The van der Waals surface area contributed by atoms with Crippen LogP contribution in [-0.2, 0) is 6.54 Å². The van der Waals surface area contributed by atoms with Gasteiger partial charge in [-0.25, -0.2) is 0 Å². The molecule has 1 aromatic rings. The van der Waals surface area contributed by atoms with Crippen molar-refractivity contribution in [1.29, 1.82) is 0 Å². The van der Waals surface area contributed by atoms with Gasteiger partial charge in [0.25, 0.3) is 0 Å². The maximum atomic E-state index is 2.82. The zero-order valence-electron chi connectivity index (χ0n) is 10.8. The lowest BCUT2D eigenvalue weighted by Gasteiger charge is -2.56. The summed E-state index contributed by atoms with van der Waals surface area (Å²) in [6.07, 6.45) is 7.49. The summed E-state index contributed by atoms with van der Waals surface area (Å²) < 4.78 is 0. The Morgan fingerprint density at radius 1 is 0.833 bits per heavy atom. The van der Waals surface area contributed by atoms with E-state index in [0.29, 0.717) is 0 Å². The van der Waals surface area contributed by atoms with Gasteiger partial charge in [0, 0.05) is 18.6 Å². The van der Waals surface area contributed by atoms with E-state index in [-0.39, 0.29) is 12.4 Å². The number of benzene rings is 1. The molecule has 0 unspecified atom stereocenters. The van der Waals surface area contributed by atoms with E-state index in [1.807, 2.05) is 0 Å². The van der Waals surface area contributed by atoms with Crippen LogP contribution in [-0.4, -0.2) is 17.0 Å². The number of rotatable bonds is 2. The normalized spacial score (nSPS) is 37.6. The van der Waals surface area contributed by atoms with Gasteiger partial charge in [0.05, 0.1) is 0 Å². The van der Waals surface area contributed by atoms with Crippen LogP contribution in [0.2, 0.25) is 0 Å². The molecule has 2 saturated carbocycles. The highest BCUT2D eigenvalue weighted by molar-refractivity contribution is 5.85. The molecule has 1 nitrogen and oxygen atoms in total. The van der Waals surface area contributed by atoms with Crippen molar-refractivity contribution in [1.82, 2.24) is 4.90 Å². The molecule has 4 aliphatic rings. The molecule has 18 heavy (non-hydrogen) atoms. The lowest BCUT2D eigenvalue weighted by atomic mass is 9.63. The van der Waals surface area contributed by atoms with Gasteiger partial charge in [0.15, 0.2) is 0 Å². The molecule has 98 valence electrons. The predicted octanol–water partition coefficient (Wildman–Crippen LogP) is 3.87. The average Bonchev–Trinajstić information content (AvgIpc) is 2.34. The van der Waals surface area contributed by atoms with Crippen LogP contribution in [0.5, 0.6) is 0 Å². The molecule has 2 heteroatoms. The molecule has 1 aromatic carbocycles. The van der Waals surface area contributed by atoms with E-state index in [4.69, 9.17) is 0 Å². The predicted molar refractivity (Wildman–Crippen MR) is 76.9 cm³/mol. The molecule has 4 fully saturated rings. The fraction of sp³-hybridized carbons (Fsp3) is 0.625. The van der Waals surface area contributed by atoms with Crippen LogP contribution in [0.4, 0.5) is 0 Å². The van der Waals surface area contributed by atoms with Crippen molar-refractivity contribution >= 4 is 12.4 Å². The minimum absolute atomic E-state index is 0. The Hall–Kier alpha value is -0.530. The Labute approximate surface area is 116 Å². The highest BCUT2D eigenvalue weighted by Gasteiger charge is 2.46. The van der Waals surface area contributed by atoms with E-state index >= 15 is 0 Å². The Morgan fingerprint density at radius 3 is 1.94 bits per heavy atom. The second-order valence-corrected chi connectivity index (χ2v) is 6.38. The highest BCUT2D eigenvalue weighted by Crippen LogP contribution is 2.49. The number of hydrogen-bond donors (Lipinski definition) is 0. The van der Waals surface area contributed by atoms with Gasteiger partial charge in [0.1, 0.15) is 0 Å². The standard InChI is InChI=1S/C16H21N.ClH/c1-2-4-12(5-3-1)11-17-15-7-13-6-14(9-15)10-16(17)8-13;/h1-5,13-16H,6-11H2;1H. The topological polar surface area (TPSA) is 3.24 Å². The fourth-order valence-electron chi connectivity index (χ4n) is 4.67. The third kappa shape index (κ3) is 2.08. The van der Waals surface area contributed by atoms with Gasteiger partial charge in [-0.2, -0.15) is 0 Å². The second kappa shape index (κ2) is 4.86. The van der Waals surface area contributed by atoms with Gasteiger partial charge >= 0.3 is 0 Å². The Kier molecular flexibility index (Phi) is 3.38. The van der Waals surface area contributed by atoms with Crippen molar-refractivity contribution in [2.24, 2.45) is 11.8 Å². The molecule has 2 aliphatic carbocycles. The summed E-state index contributed by atoms with van der Waals surface area (Å²) >= 11 is 0. The van der Waals surface area contributed by atoms with Crippen LogP contribution < -0.4 is 0 Å². The Morgan fingerprint density at radius 2 is 1.39 bits per heavy atom. The van der Waals surface area contributed by atoms with E-state index in [2.05, 4.69) is 35.2 Å². The van der Waals surface area contributed by atoms with E-state index in [9.17, 15) is 0 Å². The lowest BCUT2D eigenvalue weighted by molar-refractivity contribution is -0.0636. The van der Waals surface area contributed by atoms with Gasteiger partial charge in [-0.3, -0.25) is 4.90 Å². The number of piperidine rings is 2. The SMILES string of the molecule is Cl.c1ccc(CN2C3CC4CC(C3)CC2C4)cc1. The van der Waals surface area contributed by atoms with E-state index in [0.717, 1.165) is 23.9 Å². The minimum Gasteiger partial charge on any atom is -0.293 e. The highest BCUT2D eigenvalue weighted by atomic mass is 35.5. The number of halogens is 1. The largest absolute Gasteiger partial charge is 0.293 e. The van der Waals surface area contributed by atoms with Crippen molar-refractivity contribution in [3.8, 4) is 0 Å². The minimum atomic E-state index is 0. The van der Waals surface area contributed by atoms with Crippen molar-refractivity contribution in [2.45, 2.75) is 50.7 Å². The molecule has 2 heterocycles. The molecule has 0 spiro atoms. The molecule has 0 atom stereocenters. The van der Waals surface area contributed by atoms with Crippen LogP contribution in [0.15, 0.2) is 30.3 Å². The van der Waals surface area contributed by atoms with Crippen molar-refractivity contribution in [3.63, 3.8) is 0 Å². The Bertz CT molecular complexity index is 375. The third-order valence-electron chi connectivity index (χ3n) is 5.23. The maximum absolute atomic E-state index is 2.82. The smallest absolute Gasteiger partial charge is 0.0239 e. The molecule has 2 aliphatic heterocycles. The van der Waals surface area contributed by atoms with E-state index in [1.165, 1.54) is 37.8 Å². The molecule has 5 rings (SSSR count). The van der Waals surface area contributed by atoms with Gasteiger partial charge in [0.2, 0.25) is 0 Å². The first-order valence-corrected chi connectivity index (χ1v) is 7.18. The van der Waals surface area contributed by atoms with Crippen molar-refractivity contribution in [2.75, 3.05) is 0 Å². The van der Waals surface area contributed by atoms with Crippen LogP contribution >= 0.6 is 12.4 Å². The average molecular weight is 264 g/mol. The second-order valence-electron chi connectivity index (χ2n) is 6.38. The van der Waals surface area contributed by atoms with Crippen molar-refractivity contribution < 1.29 is 0 Å². The summed E-state index contributed by atoms with van der Waals surface area (Å²) in [7, 11) is 0. The Balaban J connectivity index is 0.000001000. The van der Waals surface area contributed by atoms with Crippen LogP contribution in [0.1, 0.15) is 37.7 Å². The van der Waals surface area contributed by atoms with Crippen LogP contribution in [0.3, 0.4) is 0 Å². The van der Waals surface area contributed by atoms with Crippen molar-refractivity contribution in [3.05, 3.63) is 35.9 Å². The first-order valence-electron chi connectivity index (χ1n) is 7.18. The zero-order valence-corrected chi connectivity index (χ0v) is 11.6. The van der Waals surface area contributed by atoms with Gasteiger partial charge in [-0.05, 0) is 49.5 Å². The molecular weight excluding hydrogens is 242 g/mol. The zero-order chi connectivity index (χ0) is 11.2. The summed E-state index contributed by atoms with van der Waals surface area (Å²) in [5.41, 5.74) is 1.50. The lowest BCUT2D eigenvalue weighted by Crippen LogP contribution is -2.57. The van der Waals surface area contributed by atoms with Gasteiger partial charge < -0.3 is 0 Å². The quantitative estimate of drug-likeness (QED) is 0.783. The fourth-order valence-corrected chi connectivity index (χ4v) is 4.67.